The molecule has 1 aromatic carbocycles. The van der Waals surface area contributed by atoms with Crippen molar-refractivity contribution >= 4 is 34.2 Å². The van der Waals surface area contributed by atoms with Gasteiger partial charge in [0.1, 0.15) is 5.75 Å². The van der Waals surface area contributed by atoms with Crippen molar-refractivity contribution in [2.45, 2.75) is 24.9 Å². The van der Waals surface area contributed by atoms with Gasteiger partial charge in [0.15, 0.2) is 0 Å². The molecular formula is C15H20BrClN2O3. The van der Waals surface area contributed by atoms with Gasteiger partial charge in [0.05, 0.1) is 25.9 Å². The number of fused-ring (bicyclic) bond motifs is 1. The van der Waals surface area contributed by atoms with Crippen molar-refractivity contribution in [2.75, 3.05) is 26.4 Å². The molecule has 1 amide bonds. The topological polar surface area (TPSA) is 59.6 Å². The van der Waals surface area contributed by atoms with E-state index >= 15 is 0 Å². The summed E-state index contributed by atoms with van der Waals surface area (Å²) >= 11 is 3.47. The monoisotopic (exact) mass is 390 g/mol. The molecule has 0 radical (unpaired) electrons. The normalized spacial score (nSPS) is 23.7. The van der Waals surface area contributed by atoms with Crippen molar-refractivity contribution in [1.29, 1.82) is 0 Å². The Bertz CT molecular complexity index is 524. The number of amides is 1. The standard InChI is InChI=1S/C15H19BrN2O3.ClH/c16-10-1-2-14-12(7-10)13(3-5-21-14)18-15(19)8-11-9-20-6-4-17-11;/h1-2,7,11,13,17H,3-6,8-9H2,(H,18,19);1H. The molecule has 0 saturated carbocycles. The third-order valence-electron chi connectivity index (χ3n) is 3.78. The number of carbonyl (C=O) groups excluding carboxylic acids is 1. The molecule has 2 N–H and O–H groups in total. The van der Waals surface area contributed by atoms with E-state index in [1.165, 1.54) is 0 Å². The zero-order chi connectivity index (χ0) is 14.7. The van der Waals surface area contributed by atoms with Crippen LogP contribution in [-0.2, 0) is 9.53 Å². The molecule has 0 bridgehead atoms. The van der Waals surface area contributed by atoms with Gasteiger partial charge in [0, 0.05) is 35.5 Å². The third kappa shape index (κ3) is 4.35. The molecule has 3 rings (SSSR count). The molecular weight excluding hydrogens is 372 g/mol. The second kappa shape index (κ2) is 8.15. The lowest BCUT2D eigenvalue weighted by atomic mass is 10.00. The first-order chi connectivity index (χ1) is 10.2. The number of morpholine rings is 1. The molecule has 2 unspecified atom stereocenters. The molecule has 5 nitrogen and oxygen atoms in total. The smallest absolute Gasteiger partial charge is 0.222 e. The molecule has 2 heterocycles. The predicted octanol–water partition coefficient (Wildman–Crippen LogP) is 2.19. The number of ether oxygens (including phenoxy) is 2. The predicted molar refractivity (Wildman–Crippen MR) is 89.6 cm³/mol. The van der Waals surface area contributed by atoms with Crippen LogP contribution in [0.25, 0.3) is 0 Å². The van der Waals surface area contributed by atoms with Gasteiger partial charge in [-0.15, -0.1) is 12.4 Å². The molecule has 2 atom stereocenters. The summed E-state index contributed by atoms with van der Waals surface area (Å²) in [7, 11) is 0. The molecule has 7 heteroatoms. The number of hydrogen-bond acceptors (Lipinski definition) is 4. The van der Waals surface area contributed by atoms with Crippen molar-refractivity contribution in [2.24, 2.45) is 0 Å². The van der Waals surface area contributed by atoms with Crippen LogP contribution in [0.3, 0.4) is 0 Å². The first kappa shape index (κ1) is 17.5. The van der Waals surface area contributed by atoms with Gasteiger partial charge in [0.25, 0.3) is 0 Å². The van der Waals surface area contributed by atoms with Crippen molar-refractivity contribution in [3.05, 3.63) is 28.2 Å². The van der Waals surface area contributed by atoms with Crippen LogP contribution in [0.1, 0.15) is 24.4 Å². The van der Waals surface area contributed by atoms with Crippen LogP contribution in [0.4, 0.5) is 0 Å². The molecule has 122 valence electrons. The van der Waals surface area contributed by atoms with Crippen molar-refractivity contribution < 1.29 is 14.3 Å². The Morgan fingerprint density at radius 3 is 3.05 bits per heavy atom. The van der Waals surface area contributed by atoms with Gasteiger partial charge in [-0.3, -0.25) is 4.79 Å². The number of halogens is 2. The number of carbonyl (C=O) groups is 1. The van der Waals surface area contributed by atoms with Crippen LogP contribution in [0, 0.1) is 0 Å². The lowest BCUT2D eigenvalue weighted by Crippen LogP contribution is -2.45. The lowest BCUT2D eigenvalue weighted by Gasteiger charge is -2.28. The molecule has 1 fully saturated rings. The van der Waals surface area contributed by atoms with Crippen LogP contribution in [0.15, 0.2) is 22.7 Å². The maximum absolute atomic E-state index is 12.2. The van der Waals surface area contributed by atoms with E-state index < -0.39 is 0 Å². The van der Waals surface area contributed by atoms with E-state index in [9.17, 15) is 4.79 Å². The molecule has 0 aliphatic carbocycles. The summed E-state index contributed by atoms with van der Waals surface area (Å²) in [4.78, 5) is 12.2. The zero-order valence-electron chi connectivity index (χ0n) is 12.1. The number of benzene rings is 1. The van der Waals surface area contributed by atoms with E-state index in [0.29, 0.717) is 19.6 Å². The van der Waals surface area contributed by atoms with Crippen molar-refractivity contribution in [3.8, 4) is 5.75 Å². The minimum Gasteiger partial charge on any atom is -0.493 e. The number of rotatable bonds is 3. The molecule has 1 aromatic rings. The second-order valence-electron chi connectivity index (χ2n) is 5.37. The number of nitrogens with one attached hydrogen (secondary N) is 2. The average molecular weight is 392 g/mol. The third-order valence-corrected chi connectivity index (χ3v) is 4.27. The van der Waals surface area contributed by atoms with E-state index in [1.807, 2.05) is 18.2 Å². The Labute approximate surface area is 144 Å². The Kier molecular flexibility index (Phi) is 6.50. The maximum atomic E-state index is 12.2. The highest BCUT2D eigenvalue weighted by molar-refractivity contribution is 9.10. The van der Waals surface area contributed by atoms with Crippen LogP contribution >= 0.6 is 28.3 Å². The van der Waals surface area contributed by atoms with E-state index in [4.69, 9.17) is 9.47 Å². The summed E-state index contributed by atoms with van der Waals surface area (Å²) < 4.78 is 12.0. The summed E-state index contributed by atoms with van der Waals surface area (Å²) in [6.45, 7) is 2.76. The highest BCUT2D eigenvalue weighted by atomic mass is 79.9. The fraction of sp³-hybridized carbons (Fsp3) is 0.533. The van der Waals surface area contributed by atoms with Gasteiger partial charge in [-0.1, -0.05) is 15.9 Å². The molecule has 2 aliphatic heterocycles. The van der Waals surface area contributed by atoms with E-state index in [1.54, 1.807) is 0 Å². The largest absolute Gasteiger partial charge is 0.493 e. The van der Waals surface area contributed by atoms with Crippen molar-refractivity contribution in [3.63, 3.8) is 0 Å². The summed E-state index contributed by atoms with van der Waals surface area (Å²) in [5, 5.41) is 6.41. The second-order valence-corrected chi connectivity index (χ2v) is 6.29. The van der Waals surface area contributed by atoms with Gasteiger partial charge in [-0.05, 0) is 18.2 Å². The van der Waals surface area contributed by atoms with E-state index in [0.717, 1.165) is 35.4 Å². The van der Waals surface area contributed by atoms with Gasteiger partial charge < -0.3 is 20.1 Å². The Balaban J connectivity index is 0.00000176. The van der Waals surface area contributed by atoms with Crippen molar-refractivity contribution in [1.82, 2.24) is 10.6 Å². The molecule has 1 saturated heterocycles. The van der Waals surface area contributed by atoms with Gasteiger partial charge >= 0.3 is 0 Å². The fourth-order valence-electron chi connectivity index (χ4n) is 2.74. The average Bonchev–Trinajstić information content (AvgIpc) is 2.49. The lowest BCUT2D eigenvalue weighted by molar-refractivity contribution is -0.123. The van der Waals surface area contributed by atoms with Gasteiger partial charge in [-0.2, -0.15) is 0 Å². The molecule has 22 heavy (non-hydrogen) atoms. The quantitative estimate of drug-likeness (QED) is 0.829. The van der Waals surface area contributed by atoms with Crippen LogP contribution in [0.5, 0.6) is 5.75 Å². The van der Waals surface area contributed by atoms with E-state index in [2.05, 4.69) is 26.6 Å². The van der Waals surface area contributed by atoms with Crippen LogP contribution in [-0.4, -0.2) is 38.3 Å². The minimum atomic E-state index is 0. The van der Waals surface area contributed by atoms with Crippen LogP contribution in [0.2, 0.25) is 0 Å². The highest BCUT2D eigenvalue weighted by Gasteiger charge is 2.25. The first-order valence-electron chi connectivity index (χ1n) is 7.25. The first-order valence-corrected chi connectivity index (χ1v) is 8.04. The zero-order valence-corrected chi connectivity index (χ0v) is 14.5. The molecule has 0 aromatic heterocycles. The SMILES string of the molecule is Cl.O=C(CC1COCCN1)NC1CCOc2ccc(Br)cc21. The van der Waals surface area contributed by atoms with Gasteiger partial charge in [0.2, 0.25) is 5.91 Å². The summed E-state index contributed by atoms with van der Waals surface area (Å²) in [6.07, 6.45) is 1.24. The molecule has 2 aliphatic rings. The van der Waals surface area contributed by atoms with Gasteiger partial charge in [-0.25, -0.2) is 0 Å². The van der Waals surface area contributed by atoms with E-state index in [-0.39, 0.29) is 30.4 Å². The maximum Gasteiger partial charge on any atom is 0.222 e. The Hall–Kier alpha value is -0.820. The Morgan fingerprint density at radius 1 is 1.41 bits per heavy atom. The number of hydrogen-bond donors (Lipinski definition) is 2. The highest BCUT2D eigenvalue weighted by Crippen LogP contribution is 2.34. The summed E-state index contributed by atoms with van der Waals surface area (Å²) in [6, 6.07) is 6.03. The Morgan fingerprint density at radius 2 is 2.27 bits per heavy atom. The fourth-order valence-corrected chi connectivity index (χ4v) is 3.12. The van der Waals surface area contributed by atoms with Crippen LogP contribution < -0.4 is 15.4 Å². The summed E-state index contributed by atoms with van der Waals surface area (Å²) in [5.41, 5.74) is 1.04. The molecule has 0 spiro atoms. The summed E-state index contributed by atoms with van der Waals surface area (Å²) in [5.74, 6) is 0.907. The minimum absolute atomic E-state index is 0.